The van der Waals surface area contributed by atoms with Gasteiger partial charge in [0.25, 0.3) is 11.5 Å². The number of carbonyl (C=O) groups is 1. The molecule has 30 heavy (non-hydrogen) atoms. The highest BCUT2D eigenvalue weighted by Crippen LogP contribution is 2.17. The Morgan fingerprint density at radius 1 is 1.07 bits per heavy atom. The number of para-hydroxylation sites is 1. The first-order valence-corrected chi connectivity index (χ1v) is 9.53. The van der Waals surface area contributed by atoms with Crippen molar-refractivity contribution in [2.24, 2.45) is 4.99 Å². The number of hydrogen-bond donors (Lipinski definition) is 2. The first-order valence-electron chi connectivity index (χ1n) is 9.53. The number of aliphatic imine (C=N–C) groups is 1. The predicted molar refractivity (Wildman–Crippen MR) is 115 cm³/mol. The third-order valence-electron chi connectivity index (χ3n) is 4.64. The Hall–Kier alpha value is -3.94. The quantitative estimate of drug-likeness (QED) is 0.613. The molecule has 2 N–H and O–H groups in total. The number of nitrogens with one attached hydrogen (secondary N) is 1. The lowest BCUT2D eigenvalue weighted by Gasteiger charge is -2.18. The van der Waals surface area contributed by atoms with Crippen molar-refractivity contribution in [3.63, 3.8) is 0 Å². The SMILES string of the molecule is CCN(CC)C(=O)c1ccc(N=Cc2c(O)n(-c3ccccc3)c(=O)[nH]c2=O)cc1. The average molecular weight is 406 g/mol. The fraction of sp³-hybridized carbons (Fsp3) is 0.182. The molecule has 0 unspecified atom stereocenters. The zero-order valence-electron chi connectivity index (χ0n) is 16.7. The summed E-state index contributed by atoms with van der Waals surface area (Å²) in [4.78, 5) is 44.8. The molecule has 3 rings (SSSR count). The van der Waals surface area contributed by atoms with Gasteiger partial charge in [-0.1, -0.05) is 18.2 Å². The van der Waals surface area contributed by atoms with Crippen LogP contribution in [0.5, 0.6) is 5.88 Å². The normalized spacial score (nSPS) is 11.0. The largest absolute Gasteiger partial charge is 0.493 e. The van der Waals surface area contributed by atoms with Crippen LogP contribution in [0.2, 0.25) is 0 Å². The van der Waals surface area contributed by atoms with Crippen LogP contribution in [0.3, 0.4) is 0 Å². The third-order valence-corrected chi connectivity index (χ3v) is 4.64. The Bertz CT molecular complexity index is 1170. The maximum absolute atomic E-state index is 12.4. The number of aromatic amines is 1. The molecular weight excluding hydrogens is 384 g/mol. The number of amides is 1. The summed E-state index contributed by atoms with van der Waals surface area (Å²) in [5.41, 5.74) is -0.216. The van der Waals surface area contributed by atoms with Gasteiger partial charge in [0.1, 0.15) is 5.56 Å². The number of H-pyrrole nitrogens is 1. The zero-order chi connectivity index (χ0) is 21.7. The van der Waals surface area contributed by atoms with Gasteiger partial charge in [-0.05, 0) is 50.2 Å². The van der Waals surface area contributed by atoms with Crippen LogP contribution in [0.1, 0.15) is 29.8 Å². The van der Waals surface area contributed by atoms with Gasteiger partial charge in [0.2, 0.25) is 5.88 Å². The van der Waals surface area contributed by atoms with E-state index in [1.807, 2.05) is 13.8 Å². The Labute approximate surface area is 172 Å². The molecule has 0 saturated heterocycles. The Morgan fingerprint density at radius 3 is 2.30 bits per heavy atom. The molecule has 0 fully saturated rings. The zero-order valence-corrected chi connectivity index (χ0v) is 16.7. The molecule has 8 nitrogen and oxygen atoms in total. The lowest BCUT2D eigenvalue weighted by molar-refractivity contribution is 0.0773. The Kier molecular flexibility index (Phi) is 6.26. The molecule has 0 spiro atoms. The van der Waals surface area contributed by atoms with Gasteiger partial charge in [-0.3, -0.25) is 19.6 Å². The van der Waals surface area contributed by atoms with Crippen molar-refractivity contribution >= 4 is 17.8 Å². The van der Waals surface area contributed by atoms with E-state index in [2.05, 4.69) is 9.98 Å². The van der Waals surface area contributed by atoms with Crippen LogP contribution >= 0.6 is 0 Å². The van der Waals surface area contributed by atoms with Crippen molar-refractivity contribution in [2.45, 2.75) is 13.8 Å². The molecule has 0 aliphatic rings. The summed E-state index contributed by atoms with van der Waals surface area (Å²) in [6.07, 6.45) is 1.19. The van der Waals surface area contributed by atoms with Crippen molar-refractivity contribution in [1.82, 2.24) is 14.5 Å². The predicted octanol–water partition coefficient (Wildman–Crippen LogP) is 2.46. The summed E-state index contributed by atoms with van der Waals surface area (Å²) in [5.74, 6) is -0.577. The van der Waals surface area contributed by atoms with E-state index in [0.717, 1.165) is 4.57 Å². The van der Waals surface area contributed by atoms with Crippen molar-refractivity contribution in [3.8, 4) is 11.6 Å². The molecule has 0 radical (unpaired) electrons. The Balaban J connectivity index is 1.92. The highest BCUT2D eigenvalue weighted by atomic mass is 16.3. The van der Waals surface area contributed by atoms with Gasteiger partial charge in [-0.25, -0.2) is 9.36 Å². The van der Waals surface area contributed by atoms with Crippen LogP contribution in [0, 0.1) is 0 Å². The molecule has 0 atom stereocenters. The summed E-state index contributed by atoms with van der Waals surface area (Å²) in [6, 6.07) is 15.1. The van der Waals surface area contributed by atoms with Crippen molar-refractivity contribution < 1.29 is 9.90 Å². The molecule has 0 aliphatic heterocycles. The number of benzene rings is 2. The average Bonchev–Trinajstić information content (AvgIpc) is 2.75. The van der Waals surface area contributed by atoms with Crippen LogP contribution in [0.15, 0.2) is 69.2 Å². The van der Waals surface area contributed by atoms with E-state index in [0.29, 0.717) is 30.0 Å². The molecule has 154 valence electrons. The molecule has 1 heterocycles. The van der Waals surface area contributed by atoms with Crippen molar-refractivity contribution in [2.75, 3.05) is 13.1 Å². The lowest BCUT2D eigenvalue weighted by Crippen LogP contribution is -2.31. The minimum atomic E-state index is -0.750. The minimum absolute atomic E-state index is 0.0699. The van der Waals surface area contributed by atoms with E-state index >= 15 is 0 Å². The number of aromatic nitrogens is 2. The van der Waals surface area contributed by atoms with E-state index in [9.17, 15) is 19.5 Å². The third kappa shape index (κ3) is 4.22. The molecule has 2 aromatic carbocycles. The van der Waals surface area contributed by atoms with Gasteiger partial charge < -0.3 is 10.0 Å². The van der Waals surface area contributed by atoms with E-state index in [-0.39, 0.29) is 11.5 Å². The summed E-state index contributed by atoms with van der Waals surface area (Å²) < 4.78 is 0.995. The standard InChI is InChI=1S/C22H22N4O4/c1-3-25(4-2)20(28)15-10-12-16(13-11-15)23-14-18-19(27)24-22(30)26(21(18)29)17-8-6-5-7-9-17/h5-14,29H,3-4H2,1-2H3,(H,24,27,30). The first-order chi connectivity index (χ1) is 14.5. The number of carbonyl (C=O) groups excluding carboxylic acids is 1. The molecule has 1 amide bonds. The van der Waals surface area contributed by atoms with Gasteiger partial charge in [0.15, 0.2) is 0 Å². The monoisotopic (exact) mass is 406 g/mol. The van der Waals surface area contributed by atoms with Gasteiger partial charge in [-0.2, -0.15) is 0 Å². The number of rotatable bonds is 6. The molecule has 0 aliphatic carbocycles. The van der Waals surface area contributed by atoms with Gasteiger partial charge in [0, 0.05) is 24.9 Å². The van der Waals surface area contributed by atoms with E-state index in [4.69, 9.17) is 0 Å². The van der Waals surface area contributed by atoms with E-state index in [1.54, 1.807) is 59.5 Å². The van der Waals surface area contributed by atoms with Gasteiger partial charge in [0.05, 0.1) is 11.4 Å². The summed E-state index contributed by atoms with van der Waals surface area (Å²) in [5, 5.41) is 10.5. The maximum Gasteiger partial charge on any atom is 0.335 e. The number of nitrogens with zero attached hydrogens (tertiary/aromatic N) is 3. The number of hydrogen-bond acceptors (Lipinski definition) is 5. The molecule has 3 aromatic rings. The highest BCUT2D eigenvalue weighted by molar-refractivity contribution is 5.94. The van der Waals surface area contributed by atoms with Crippen LogP contribution in [0.4, 0.5) is 5.69 Å². The maximum atomic E-state index is 12.4. The van der Waals surface area contributed by atoms with Gasteiger partial charge in [-0.15, -0.1) is 0 Å². The molecule has 0 saturated carbocycles. The molecular formula is C22H22N4O4. The smallest absolute Gasteiger partial charge is 0.335 e. The topological polar surface area (TPSA) is 108 Å². The highest BCUT2D eigenvalue weighted by Gasteiger charge is 2.14. The number of aromatic hydroxyl groups is 1. The van der Waals surface area contributed by atoms with Gasteiger partial charge >= 0.3 is 5.69 Å². The lowest BCUT2D eigenvalue weighted by atomic mass is 10.2. The van der Waals surface area contributed by atoms with Crippen LogP contribution in [0.25, 0.3) is 5.69 Å². The van der Waals surface area contributed by atoms with Crippen molar-refractivity contribution in [3.05, 3.63) is 86.6 Å². The summed E-state index contributed by atoms with van der Waals surface area (Å²) in [7, 11) is 0. The summed E-state index contributed by atoms with van der Waals surface area (Å²) in [6.45, 7) is 5.07. The van der Waals surface area contributed by atoms with Crippen molar-refractivity contribution in [1.29, 1.82) is 0 Å². The first kappa shape index (κ1) is 20.8. The fourth-order valence-electron chi connectivity index (χ4n) is 2.99. The summed E-state index contributed by atoms with van der Waals surface area (Å²) >= 11 is 0. The van der Waals surface area contributed by atoms with E-state index < -0.39 is 17.1 Å². The second-order valence-electron chi connectivity index (χ2n) is 6.45. The Morgan fingerprint density at radius 2 is 1.70 bits per heavy atom. The van der Waals surface area contributed by atoms with Crippen LogP contribution in [-0.2, 0) is 0 Å². The van der Waals surface area contributed by atoms with Crippen LogP contribution in [-0.4, -0.2) is 44.8 Å². The molecule has 1 aromatic heterocycles. The molecule has 0 bridgehead atoms. The second kappa shape index (κ2) is 9.04. The minimum Gasteiger partial charge on any atom is -0.493 e. The van der Waals surface area contributed by atoms with E-state index in [1.165, 1.54) is 6.21 Å². The van der Waals surface area contributed by atoms with Crippen LogP contribution < -0.4 is 11.2 Å². The fourth-order valence-corrected chi connectivity index (χ4v) is 2.99. The second-order valence-corrected chi connectivity index (χ2v) is 6.45. The molecule has 8 heteroatoms.